The van der Waals surface area contributed by atoms with Gasteiger partial charge in [0.15, 0.2) is 0 Å². The fraction of sp³-hybridized carbons (Fsp3) is 0.619. The van der Waals surface area contributed by atoms with Crippen LogP contribution in [0.3, 0.4) is 0 Å². The third kappa shape index (κ3) is 5.07. The van der Waals surface area contributed by atoms with E-state index in [0.717, 1.165) is 18.4 Å². The Balaban J connectivity index is 2.08. The van der Waals surface area contributed by atoms with Crippen LogP contribution in [0.15, 0.2) is 30.3 Å². The minimum atomic E-state index is -0.417. The van der Waals surface area contributed by atoms with Crippen LogP contribution in [0, 0.1) is 5.92 Å². The van der Waals surface area contributed by atoms with Crippen molar-refractivity contribution in [3.05, 3.63) is 35.9 Å². The van der Waals surface area contributed by atoms with Crippen molar-refractivity contribution in [1.82, 2.24) is 15.5 Å². The van der Waals surface area contributed by atoms with Crippen molar-refractivity contribution in [2.24, 2.45) is 5.92 Å². The summed E-state index contributed by atoms with van der Waals surface area (Å²) in [6.07, 6.45) is 3.28. The van der Waals surface area contributed by atoms with Crippen LogP contribution in [0.4, 0.5) is 0 Å². The van der Waals surface area contributed by atoms with Crippen LogP contribution in [-0.2, 0) is 16.0 Å². The van der Waals surface area contributed by atoms with Gasteiger partial charge in [-0.25, -0.2) is 0 Å². The minimum Gasteiger partial charge on any atom is -0.344 e. The van der Waals surface area contributed by atoms with E-state index in [1.54, 1.807) is 0 Å². The number of nitrogens with zero attached hydrogens (tertiary/aromatic N) is 1. The molecular weight excluding hydrogens is 326 g/mol. The highest BCUT2D eigenvalue weighted by Crippen LogP contribution is 2.27. The van der Waals surface area contributed by atoms with Gasteiger partial charge in [-0.05, 0) is 59.1 Å². The molecule has 0 bridgehead atoms. The molecule has 2 rings (SSSR count). The van der Waals surface area contributed by atoms with Crippen molar-refractivity contribution in [1.29, 1.82) is 0 Å². The Morgan fingerprint density at radius 1 is 1.31 bits per heavy atom. The molecule has 0 aromatic heterocycles. The Morgan fingerprint density at radius 2 is 2.00 bits per heavy atom. The van der Waals surface area contributed by atoms with Crippen LogP contribution >= 0.6 is 0 Å². The van der Waals surface area contributed by atoms with E-state index in [9.17, 15) is 9.59 Å². The van der Waals surface area contributed by atoms with E-state index in [0.29, 0.717) is 25.9 Å². The van der Waals surface area contributed by atoms with Crippen LogP contribution in [0.5, 0.6) is 0 Å². The molecule has 2 N–H and O–H groups in total. The monoisotopic (exact) mass is 359 g/mol. The average molecular weight is 360 g/mol. The minimum absolute atomic E-state index is 0.0442. The smallest absolute Gasteiger partial charge is 0.245 e. The summed E-state index contributed by atoms with van der Waals surface area (Å²) < 4.78 is 0. The van der Waals surface area contributed by atoms with Gasteiger partial charge in [0.05, 0.1) is 5.92 Å². The Hall–Kier alpha value is -1.88. The van der Waals surface area contributed by atoms with Gasteiger partial charge in [-0.2, -0.15) is 0 Å². The van der Waals surface area contributed by atoms with E-state index in [2.05, 4.69) is 24.5 Å². The van der Waals surface area contributed by atoms with E-state index < -0.39 is 6.04 Å². The number of nitrogens with one attached hydrogen (secondary N) is 2. The van der Waals surface area contributed by atoms with E-state index in [1.807, 2.05) is 49.2 Å². The van der Waals surface area contributed by atoms with Crippen LogP contribution in [0.2, 0.25) is 0 Å². The molecule has 0 aliphatic carbocycles. The number of rotatable bonds is 7. The lowest BCUT2D eigenvalue weighted by Crippen LogP contribution is -2.54. The van der Waals surface area contributed by atoms with Gasteiger partial charge in [0.1, 0.15) is 6.04 Å². The number of carbonyl (C=O) groups is 2. The van der Waals surface area contributed by atoms with Crippen molar-refractivity contribution in [2.45, 2.75) is 58.0 Å². The molecule has 2 unspecified atom stereocenters. The second-order valence-corrected chi connectivity index (χ2v) is 7.79. The molecule has 0 radical (unpaired) electrons. The molecule has 1 aromatic rings. The molecular formula is C21H33N3O2. The number of hydrogen-bond donors (Lipinski definition) is 2. The van der Waals surface area contributed by atoms with E-state index in [-0.39, 0.29) is 23.3 Å². The lowest BCUT2D eigenvalue weighted by atomic mass is 9.97. The van der Waals surface area contributed by atoms with Crippen molar-refractivity contribution >= 4 is 11.8 Å². The summed E-state index contributed by atoms with van der Waals surface area (Å²) in [7, 11) is 1.85. The van der Waals surface area contributed by atoms with E-state index in [1.165, 1.54) is 0 Å². The largest absolute Gasteiger partial charge is 0.344 e. The van der Waals surface area contributed by atoms with Crippen LogP contribution < -0.4 is 10.6 Å². The molecule has 1 aliphatic rings. The molecule has 1 fully saturated rings. The van der Waals surface area contributed by atoms with Crippen molar-refractivity contribution in [3.8, 4) is 0 Å². The SMILES string of the molecule is CCN1C(=O)C(NC(=O)C(CNC)Cc2ccccc2)CCCC1(C)C. The molecule has 1 aliphatic heterocycles. The zero-order valence-electron chi connectivity index (χ0n) is 16.5. The maximum Gasteiger partial charge on any atom is 0.245 e. The molecule has 1 heterocycles. The highest BCUT2D eigenvalue weighted by molar-refractivity contribution is 5.89. The number of benzene rings is 1. The fourth-order valence-corrected chi connectivity index (χ4v) is 3.89. The van der Waals surface area contributed by atoms with Crippen molar-refractivity contribution < 1.29 is 9.59 Å². The van der Waals surface area contributed by atoms with Crippen LogP contribution in [0.1, 0.15) is 45.6 Å². The van der Waals surface area contributed by atoms with Gasteiger partial charge in [0.2, 0.25) is 11.8 Å². The number of hydrogen-bond acceptors (Lipinski definition) is 3. The summed E-state index contributed by atoms with van der Waals surface area (Å²) >= 11 is 0. The summed E-state index contributed by atoms with van der Waals surface area (Å²) in [5, 5.41) is 6.15. The molecule has 1 aromatic carbocycles. The Labute approximate surface area is 157 Å². The van der Waals surface area contributed by atoms with E-state index in [4.69, 9.17) is 0 Å². The second-order valence-electron chi connectivity index (χ2n) is 7.79. The Bertz CT molecular complexity index is 601. The number of amides is 2. The first-order valence-corrected chi connectivity index (χ1v) is 9.69. The molecule has 144 valence electrons. The Kier molecular flexibility index (Phi) is 7.21. The summed E-state index contributed by atoms with van der Waals surface area (Å²) in [4.78, 5) is 27.8. The molecule has 0 saturated carbocycles. The number of likely N-dealkylation sites (N-methyl/N-ethyl adjacent to an activating group) is 1. The maximum atomic E-state index is 13.0. The average Bonchev–Trinajstić information content (AvgIpc) is 2.71. The highest BCUT2D eigenvalue weighted by atomic mass is 16.2. The summed E-state index contributed by atoms with van der Waals surface area (Å²) in [5.74, 6) is -0.190. The first-order chi connectivity index (χ1) is 12.4. The van der Waals surface area contributed by atoms with Gasteiger partial charge in [-0.3, -0.25) is 9.59 Å². The summed E-state index contributed by atoms with van der Waals surface area (Å²) in [5.41, 5.74) is 0.978. The molecule has 2 amide bonds. The molecule has 2 atom stereocenters. The van der Waals surface area contributed by atoms with Gasteiger partial charge in [-0.15, -0.1) is 0 Å². The van der Waals surface area contributed by atoms with Gasteiger partial charge in [-0.1, -0.05) is 30.3 Å². The number of carbonyl (C=O) groups excluding carboxylic acids is 2. The predicted octanol–water partition coefficient (Wildman–Crippen LogP) is 2.36. The quantitative estimate of drug-likeness (QED) is 0.786. The van der Waals surface area contributed by atoms with Gasteiger partial charge >= 0.3 is 0 Å². The summed E-state index contributed by atoms with van der Waals surface area (Å²) in [6, 6.07) is 9.60. The zero-order chi connectivity index (χ0) is 19.2. The third-order valence-corrected chi connectivity index (χ3v) is 5.36. The van der Waals surface area contributed by atoms with Gasteiger partial charge < -0.3 is 15.5 Å². The topological polar surface area (TPSA) is 61.4 Å². The van der Waals surface area contributed by atoms with Crippen molar-refractivity contribution in [3.63, 3.8) is 0 Å². The first kappa shape index (κ1) is 20.4. The van der Waals surface area contributed by atoms with E-state index >= 15 is 0 Å². The fourth-order valence-electron chi connectivity index (χ4n) is 3.89. The Morgan fingerprint density at radius 3 is 2.62 bits per heavy atom. The van der Waals surface area contributed by atoms with Gasteiger partial charge in [0, 0.05) is 18.6 Å². The molecule has 0 spiro atoms. The van der Waals surface area contributed by atoms with Crippen LogP contribution in [0.25, 0.3) is 0 Å². The predicted molar refractivity (Wildman–Crippen MR) is 105 cm³/mol. The highest BCUT2D eigenvalue weighted by Gasteiger charge is 2.37. The van der Waals surface area contributed by atoms with Gasteiger partial charge in [0.25, 0.3) is 0 Å². The molecule has 1 saturated heterocycles. The number of likely N-dealkylation sites (tertiary alicyclic amines) is 1. The maximum absolute atomic E-state index is 13.0. The molecule has 5 heteroatoms. The molecule has 5 nitrogen and oxygen atoms in total. The van der Waals surface area contributed by atoms with Crippen LogP contribution in [-0.4, -0.2) is 48.4 Å². The van der Waals surface area contributed by atoms with Crippen molar-refractivity contribution in [2.75, 3.05) is 20.1 Å². The third-order valence-electron chi connectivity index (χ3n) is 5.36. The normalized spacial score (nSPS) is 21.2. The first-order valence-electron chi connectivity index (χ1n) is 9.69. The molecule has 26 heavy (non-hydrogen) atoms. The lowest BCUT2D eigenvalue weighted by molar-refractivity contribution is -0.140. The zero-order valence-corrected chi connectivity index (χ0v) is 16.5. The standard InChI is InChI=1S/C21H33N3O2/c1-5-24-20(26)18(12-9-13-21(24,2)3)23-19(25)17(15-22-4)14-16-10-7-6-8-11-16/h6-8,10-11,17-18,22H,5,9,12-15H2,1-4H3,(H,23,25). The second kappa shape index (κ2) is 9.17. The lowest BCUT2D eigenvalue weighted by Gasteiger charge is -2.37. The summed E-state index contributed by atoms with van der Waals surface area (Å²) in [6.45, 7) is 7.48.